The van der Waals surface area contributed by atoms with Crippen LogP contribution in [0.1, 0.15) is 35.3 Å². The summed E-state index contributed by atoms with van der Waals surface area (Å²) in [5.41, 5.74) is 6.40. The molecule has 1 aliphatic carbocycles. The first-order valence-corrected chi connectivity index (χ1v) is 11.4. The normalized spacial score (nSPS) is 15.7. The summed E-state index contributed by atoms with van der Waals surface area (Å²) < 4.78 is 1.04. The minimum atomic E-state index is -0.631. The first kappa shape index (κ1) is 20.2. The van der Waals surface area contributed by atoms with Crippen molar-refractivity contribution in [3.8, 4) is 11.1 Å². The minimum Gasteiger partial charge on any atom is -0.387 e. The van der Waals surface area contributed by atoms with Gasteiger partial charge in [0.1, 0.15) is 0 Å². The Labute approximate surface area is 191 Å². The van der Waals surface area contributed by atoms with Crippen LogP contribution in [0.4, 0.5) is 0 Å². The zero-order valence-corrected chi connectivity index (χ0v) is 18.9. The maximum atomic E-state index is 11.2. The van der Waals surface area contributed by atoms with Gasteiger partial charge in [-0.05, 0) is 52.4 Å². The van der Waals surface area contributed by atoms with Crippen LogP contribution in [0.5, 0.6) is 0 Å². The molecule has 3 heteroatoms. The summed E-state index contributed by atoms with van der Waals surface area (Å²) in [5.74, 6) is 0. The van der Waals surface area contributed by atoms with Crippen molar-refractivity contribution in [3.63, 3.8) is 0 Å². The molecule has 0 spiro atoms. The van der Waals surface area contributed by atoms with E-state index < -0.39 is 11.6 Å². The Balaban J connectivity index is 1.70. The van der Waals surface area contributed by atoms with Crippen molar-refractivity contribution in [3.05, 3.63) is 130 Å². The highest BCUT2D eigenvalue weighted by molar-refractivity contribution is 9.10. The molecule has 0 aromatic heterocycles. The van der Waals surface area contributed by atoms with Crippen LogP contribution in [-0.4, -0.2) is 11.1 Å². The van der Waals surface area contributed by atoms with E-state index in [1.54, 1.807) is 0 Å². The van der Waals surface area contributed by atoms with Crippen LogP contribution in [0.2, 0.25) is 0 Å². The first-order chi connectivity index (χ1) is 15.1. The van der Waals surface area contributed by atoms with Crippen molar-refractivity contribution in [1.29, 1.82) is 0 Å². The Morgan fingerprint density at radius 3 is 1.81 bits per heavy atom. The molecule has 0 aliphatic heterocycles. The third-order valence-electron chi connectivity index (χ3n) is 6.29. The van der Waals surface area contributed by atoms with E-state index in [1.807, 2.05) is 30.3 Å². The number of halogens is 1. The van der Waals surface area contributed by atoms with Gasteiger partial charge in [-0.2, -0.15) is 0 Å². The number of rotatable bonds is 5. The fourth-order valence-electron chi connectivity index (χ4n) is 4.84. The SMILES string of the molecule is C[C@H](NC1(c2ccc(Br)cc2)c2ccccc2-c2ccccc21)C(O)c1ccccc1. The van der Waals surface area contributed by atoms with Gasteiger partial charge in [0, 0.05) is 10.5 Å². The fourth-order valence-corrected chi connectivity index (χ4v) is 5.11. The molecule has 2 N–H and O–H groups in total. The van der Waals surface area contributed by atoms with Crippen molar-refractivity contribution in [2.75, 3.05) is 0 Å². The van der Waals surface area contributed by atoms with Gasteiger partial charge in [0.2, 0.25) is 0 Å². The topological polar surface area (TPSA) is 32.3 Å². The standard InChI is InChI=1S/C28H24BrNO/c1-19(27(31)20-9-3-2-4-10-20)30-28(21-15-17-22(29)18-16-21)25-13-7-5-11-23(25)24-12-6-8-14-26(24)28/h2-19,27,30-31H,1H3/t19-,27?/m0/s1. The van der Waals surface area contributed by atoms with Crippen molar-refractivity contribution in [1.82, 2.24) is 5.32 Å². The van der Waals surface area contributed by atoms with Gasteiger partial charge in [0.05, 0.1) is 11.6 Å². The van der Waals surface area contributed by atoms with Crippen LogP contribution in [0.15, 0.2) is 108 Å². The van der Waals surface area contributed by atoms with E-state index in [0.29, 0.717) is 0 Å². The summed E-state index contributed by atoms with van der Waals surface area (Å²) >= 11 is 3.58. The Kier molecular flexibility index (Phi) is 5.27. The highest BCUT2D eigenvalue weighted by Gasteiger charge is 2.45. The highest BCUT2D eigenvalue weighted by atomic mass is 79.9. The smallest absolute Gasteiger partial charge is 0.0963 e. The van der Waals surface area contributed by atoms with Gasteiger partial charge < -0.3 is 5.11 Å². The quantitative estimate of drug-likeness (QED) is 0.352. The van der Waals surface area contributed by atoms with E-state index in [0.717, 1.165) is 15.6 Å². The van der Waals surface area contributed by atoms with E-state index >= 15 is 0 Å². The van der Waals surface area contributed by atoms with Crippen molar-refractivity contribution >= 4 is 15.9 Å². The van der Waals surface area contributed by atoms with Gasteiger partial charge in [-0.15, -0.1) is 0 Å². The Bertz CT molecular complexity index is 1160. The molecular weight excluding hydrogens is 446 g/mol. The molecule has 1 unspecified atom stereocenters. The summed E-state index contributed by atoms with van der Waals surface area (Å²) in [7, 11) is 0. The van der Waals surface area contributed by atoms with Crippen LogP contribution in [0.25, 0.3) is 11.1 Å². The van der Waals surface area contributed by atoms with Gasteiger partial charge in [-0.1, -0.05) is 107 Å². The number of hydrogen-bond acceptors (Lipinski definition) is 2. The van der Waals surface area contributed by atoms with Crippen molar-refractivity contribution < 1.29 is 5.11 Å². The second-order valence-corrected chi connectivity index (χ2v) is 9.05. The van der Waals surface area contributed by atoms with Gasteiger partial charge in [-0.3, -0.25) is 5.32 Å². The third kappa shape index (κ3) is 3.34. The van der Waals surface area contributed by atoms with Crippen LogP contribution in [-0.2, 0) is 5.54 Å². The van der Waals surface area contributed by atoms with Crippen LogP contribution in [0.3, 0.4) is 0 Å². The van der Waals surface area contributed by atoms with Gasteiger partial charge in [0.25, 0.3) is 0 Å². The van der Waals surface area contributed by atoms with Crippen molar-refractivity contribution in [2.24, 2.45) is 0 Å². The fraction of sp³-hybridized carbons (Fsp3) is 0.143. The predicted molar refractivity (Wildman–Crippen MR) is 130 cm³/mol. The van der Waals surface area contributed by atoms with Crippen LogP contribution in [0, 0.1) is 0 Å². The Morgan fingerprint density at radius 1 is 0.710 bits per heavy atom. The number of aliphatic hydroxyl groups is 1. The molecule has 2 atom stereocenters. The van der Waals surface area contributed by atoms with Crippen LogP contribution < -0.4 is 5.32 Å². The van der Waals surface area contributed by atoms with E-state index in [1.165, 1.54) is 22.3 Å². The Morgan fingerprint density at radius 2 is 1.23 bits per heavy atom. The summed E-state index contributed by atoms with van der Waals surface area (Å²) in [6.45, 7) is 2.06. The number of benzene rings is 4. The zero-order chi connectivity index (χ0) is 21.4. The number of aliphatic hydroxyl groups excluding tert-OH is 1. The average Bonchev–Trinajstić information content (AvgIpc) is 3.10. The highest BCUT2D eigenvalue weighted by Crippen LogP contribution is 2.51. The number of fused-ring (bicyclic) bond motifs is 3. The lowest BCUT2D eigenvalue weighted by Gasteiger charge is -2.38. The molecule has 0 fully saturated rings. The van der Waals surface area contributed by atoms with Gasteiger partial charge >= 0.3 is 0 Å². The van der Waals surface area contributed by atoms with Gasteiger partial charge in [0.15, 0.2) is 0 Å². The van der Waals surface area contributed by atoms with E-state index in [-0.39, 0.29) is 6.04 Å². The van der Waals surface area contributed by atoms with Gasteiger partial charge in [-0.25, -0.2) is 0 Å². The molecule has 0 amide bonds. The molecule has 0 radical (unpaired) electrons. The summed E-state index contributed by atoms with van der Waals surface area (Å²) in [4.78, 5) is 0. The lowest BCUT2D eigenvalue weighted by Crippen LogP contribution is -2.49. The third-order valence-corrected chi connectivity index (χ3v) is 6.82. The maximum absolute atomic E-state index is 11.2. The molecule has 154 valence electrons. The number of hydrogen-bond donors (Lipinski definition) is 2. The second kappa shape index (κ2) is 8.08. The van der Waals surface area contributed by atoms with E-state index in [4.69, 9.17) is 0 Å². The number of nitrogens with one attached hydrogen (secondary N) is 1. The molecule has 2 nitrogen and oxygen atoms in total. The first-order valence-electron chi connectivity index (χ1n) is 10.6. The Hall–Kier alpha value is -2.72. The zero-order valence-electron chi connectivity index (χ0n) is 17.3. The average molecular weight is 470 g/mol. The lowest BCUT2D eigenvalue weighted by atomic mass is 9.79. The molecule has 31 heavy (non-hydrogen) atoms. The molecule has 0 heterocycles. The molecule has 4 aromatic carbocycles. The van der Waals surface area contributed by atoms with Crippen LogP contribution >= 0.6 is 15.9 Å². The monoisotopic (exact) mass is 469 g/mol. The second-order valence-electron chi connectivity index (χ2n) is 8.14. The maximum Gasteiger partial charge on any atom is 0.0963 e. The molecule has 5 rings (SSSR count). The molecular formula is C28H24BrNO. The largest absolute Gasteiger partial charge is 0.387 e. The van der Waals surface area contributed by atoms with E-state index in [2.05, 4.69) is 101 Å². The minimum absolute atomic E-state index is 0.190. The van der Waals surface area contributed by atoms with E-state index in [9.17, 15) is 5.11 Å². The molecule has 0 saturated carbocycles. The lowest BCUT2D eigenvalue weighted by molar-refractivity contribution is 0.125. The summed E-state index contributed by atoms with van der Waals surface area (Å²) in [5, 5.41) is 15.1. The predicted octanol–water partition coefficient (Wildman–Crippen LogP) is 6.43. The summed E-state index contributed by atoms with van der Waals surface area (Å²) in [6.07, 6.45) is -0.631. The molecule has 1 aliphatic rings. The molecule has 0 saturated heterocycles. The molecule has 0 bridgehead atoms. The summed E-state index contributed by atoms with van der Waals surface area (Å²) in [6, 6.07) is 35.3. The molecule has 4 aromatic rings. The van der Waals surface area contributed by atoms with Crippen molar-refractivity contribution in [2.45, 2.75) is 24.6 Å².